The van der Waals surface area contributed by atoms with Crippen LogP contribution in [0.15, 0.2) is 96.5 Å². The fraction of sp³-hybridized carbons (Fsp3) is 0.0714. The Morgan fingerprint density at radius 1 is 0.780 bits per heavy atom. The van der Waals surface area contributed by atoms with Gasteiger partial charge < -0.3 is 21.7 Å². The van der Waals surface area contributed by atoms with E-state index >= 15 is 0 Å². The lowest BCUT2D eigenvalue weighted by Crippen LogP contribution is -2.19. The molecule has 0 aliphatic carbocycles. The third-order valence-electron chi connectivity index (χ3n) is 7.12. The molecule has 314 valence electrons. The number of nitrogens with one attached hydrogen (secondary N) is 3. The summed E-state index contributed by atoms with van der Waals surface area (Å²) in [5.74, 6) is -1.56. The van der Waals surface area contributed by atoms with Crippen LogP contribution in [0.25, 0.3) is 10.8 Å². The molecule has 0 unspecified atom stereocenters. The quantitative estimate of drug-likeness (QED) is 0.0214. The molecule has 0 atom stereocenters. The number of urea groups is 1. The number of amides is 2. The fourth-order valence-electron chi connectivity index (χ4n) is 4.79. The van der Waals surface area contributed by atoms with E-state index in [2.05, 4.69) is 54.7 Å². The number of anilines is 5. The predicted octanol–water partition coefficient (Wildman–Crippen LogP) is 4.07. The van der Waals surface area contributed by atoms with Crippen molar-refractivity contribution in [1.82, 2.24) is 15.0 Å². The van der Waals surface area contributed by atoms with Crippen LogP contribution in [0.5, 0.6) is 0 Å². The summed E-state index contributed by atoms with van der Waals surface area (Å²) in [6.45, 7) is -0.845. The number of fused-ring (bicyclic) bond motifs is 1. The summed E-state index contributed by atoms with van der Waals surface area (Å²) in [6, 6.07) is 11.1. The standard InChI is InChI=1S/C28H24FN9O16S5/c29-25-34-27(31-15-1-4-18(5-2-15)56(41,42)8-7-52-59(49,50)51)36-28(35-25)32-16-3-6-20(21(11-16)33-26(30)39)37-38-22-13-19-14(10-24(22)58(46,47)48)9-17(55-54-53-40)12-23(19)57(43,44)45/h1-6,9-13,40H,7-8H2,(H3,30,33,39)(H,43,44,45)(H,46,47,48)(H,49,50,51)(H2,31,32,34,35,36)/b38-37+. The lowest BCUT2D eigenvalue weighted by molar-refractivity contribution is -0.432. The normalized spacial score (nSPS) is 12.5. The van der Waals surface area contributed by atoms with Gasteiger partial charge in [-0.15, -0.1) is 14.6 Å². The third-order valence-corrected chi connectivity index (χ3v) is 11.6. The molecule has 0 radical (unpaired) electrons. The van der Waals surface area contributed by atoms with Crippen LogP contribution in [0.1, 0.15) is 0 Å². The minimum atomic E-state index is -5.10. The number of aromatic nitrogens is 3. The molecule has 5 rings (SSSR count). The Bertz CT molecular complexity index is 2930. The molecule has 2 amide bonds. The third kappa shape index (κ3) is 12.2. The maximum absolute atomic E-state index is 14.5. The Balaban J connectivity index is 1.42. The molecule has 4 aromatic carbocycles. The first-order valence-electron chi connectivity index (χ1n) is 15.2. The number of carbonyl (C=O) groups is 1. The Morgan fingerprint density at radius 3 is 1.98 bits per heavy atom. The summed E-state index contributed by atoms with van der Waals surface area (Å²) in [7, 11) is -19.0. The van der Waals surface area contributed by atoms with E-state index in [1.54, 1.807) is 0 Å². The highest BCUT2D eigenvalue weighted by Gasteiger charge is 2.23. The topological polar surface area (TPSA) is 388 Å². The van der Waals surface area contributed by atoms with Gasteiger partial charge in [0.15, 0.2) is 9.84 Å². The van der Waals surface area contributed by atoms with E-state index in [-0.39, 0.29) is 61.3 Å². The van der Waals surface area contributed by atoms with Crippen molar-refractivity contribution in [1.29, 1.82) is 0 Å². The van der Waals surface area contributed by atoms with Crippen molar-refractivity contribution in [3.05, 3.63) is 72.8 Å². The van der Waals surface area contributed by atoms with Crippen molar-refractivity contribution in [2.75, 3.05) is 28.3 Å². The van der Waals surface area contributed by atoms with Crippen LogP contribution in [-0.2, 0) is 54.0 Å². The van der Waals surface area contributed by atoms with Crippen molar-refractivity contribution in [3.63, 3.8) is 0 Å². The summed E-state index contributed by atoms with van der Waals surface area (Å²) in [5, 5.41) is 26.7. The molecule has 9 N–H and O–H groups in total. The molecule has 0 aliphatic rings. The van der Waals surface area contributed by atoms with Gasteiger partial charge in [0.05, 0.1) is 35.0 Å². The van der Waals surface area contributed by atoms with E-state index in [0.29, 0.717) is 0 Å². The highest BCUT2D eigenvalue weighted by atomic mass is 32.3. The van der Waals surface area contributed by atoms with Crippen LogP contribution < -0.4 is 21.7 Å². The van der Waals surface area contributed by atoms with Crippen molar-refractivity contribution in [2.24, 2.45) is 16.0 Å². The number of primary amides is 1. The molecule has 25 nitrogen and oxygen atoms in total. The molecule has 0 aliphatic heterocycles. The van der Waals surface area contributed by atoms with Crippen molar-refractivity contribution < 1.29 is 75.3 Å². The van der Waals surface area contributed by atoms with E-state index in [1.165, 1.54) is 30.3 Å². The Kier molecular flexibility index (Phi) is 13.4. The average molecular weight is 922 g/mol. The smallest absolute Gasteiger partial charge is 0.351 e. The Labute approximate surface area is 335 Å². The van der Waals surface area contributed by atoms with Crippen LogP contribution in [0, 0.1) is 6.08 Å². The lowest BCUT2D eigenvalue weighted by Gasteiger charge is -2.12. The molecule has 1 aromatic heterocycles. The van der Waals surface area contributed by atoms with Crippen LogP contribution in [0.3, 0.4) is 0 Å². The highest BCUT2D eigenvalue weighted by molar-refractivity contribution is 7.94. The van der Waals surface area contributed by atoms with Gasteiger partial charge in [-0.05, 0) is 72.1 Å². The highest BCUT2D eigenvalue weighted by Crippen LogP contribution is 2.38. The number of nitrogens with two attached hydrogens (primary N) is 1. The van der Waals surface area contributed by atoms with E-state index < -0.39 is 86.4 Å². The van der Waals surface area contributed by atoms with Gasteiger partial charge in [-0.1, -0.05) is 5.04 Å². The number of azo groups is 1. The molecule has 0 fully saturated rings. The maximum atomic E-state index is 14.5. The summed E-state index contributed by atoms with van der Waals surface area (Å²) in [5.41, 5.74) is 4.48. The van der Waals surface area contributed by atoms with Gasteiger partial charge in [-0.2, -0.15) is 44.6 Å². The van der Waals surface area contributed by atoms with E-state index in [4.69, 9.17) is 15.5 Å². The molecule has 0 bridgehead atoms. The van der Waals surface area contributed by atoms with Crippen LogP contribution in [0.2, 0.25) is 0 Å². The minimum Gasteiger partial charge on any atom is -0.351 e. The van der Waals surface area contributed by atoms with E-state index in [9.17, 15) is 52.0 Å². The first-order chi connectivity index (χ1) is 27.5. The number of nitrogens with zero attached hydrogens (tertiary/aromatic N) is 5. The number of carbonyl (C=O) groups excluding carboxylic acids is 1. The van der Waals surface area contributed by atoms with E-state index in [0.717, 1.165) is 36.4 Å². The zero-order valence-electron chi connectivity index (χ0n) is 28.7. The monoisotopic (exact) mass is 921 g/mol. The number of rotatable bonds is 17. The Hall–Kier alpha value is -5.58. The second-order valence-corrected chi connectivity index (χ2v) is 17.9. The van der Waals surface area contributed by atoms with Crippen LogP contribution in [0.4, 0.5) is 49.5 Å². The molecule has 5 aromatic rings. The van der Waals surface area contributed by atoms with Crippen LogP contribution >= 0.6 is 12.0 Å². The lowest BCUT2D eigenvalue weighted by atomic mass is 10.1. The molecule has 31 heteroatoms. The molecular weight excluding hydrogens is 898 g/mol. The van der Waals surface area contributed by atoms with Crippen molar-refractivity contribution in [3.8, 4) is 0 Å². The van der Waals surface area contributed by atoms with Gasteiger partial charge in [0.2, 0.25) is 11.9 Å². The first-order valence-corrected chi connectivity index (χ1v) is 21.9. The zero-order chi connectivity index (χ0) is 43.3. The van der Waals surface area contributed by atoms with Gasteiger partial charge in [-0.25, -0.2) is 22.7 Å². The Morgan fingerprint density at radius 2 is 1.39 bits per heavy atom. The largest absolute Gasteiger partial charge is 0.397 e. The molecule has 1 heterocycles. The average Bonchev–Trinajstić information content (AvgIpc) is 3.11. The predicted molar refractivity (Wildman–Crippen MR) is 200 cm³/mol. The summed E-state index contributed by atoms with van der Waals surface area (Å²) < 4.78 is 147. The molecular formula is C28H24FN9O16S5. The zero-order valence-corrected chi connectivity index (χ0v) is 32.8. The minimum absolute atomic E-state index is 0.0585. The number of hydrogen-bond acceptors (Lipinski definition) is 21. The second-order valence-electron chi connectivity index (χ2n) is 11.2. The maximum Gasteiger partial charge on any atom is 0.397 e. The number of benzene rings is 4. The van der Waals surface area contributed by atoms with Gasteiger partial charge >= 0.3 is 22.5 Å². The number of sulfone groups is 1. The number of hydrogen-bond donors (Lipinski definition) is 8. The molecule has 0 spiro atoms. The van der Waals surface area contributed by atoms with Crippen LogP contribution in [-0.4, -0.2) is 85.9 Å². The van der Waals surface area contributed by atoms with Gasteiger partial charge in [0.1, 0.15) is 21.2 Å². The van der Waals surface area contributed by atoms with Crippen molar-refractivity contribution >= 4 is 110 Å². The molecule has 0 saturated heterocycles. The van der Waals surface area contributed by atoms with Gasteiger partial charge in [0.25, 0.3) is 20.2 Å². The SMILES string of the molecule is NC(=O)Nc1cc(Nc2nc(F)nc(Nc3ccc(S(=O)(=O)CCOS(=O)(=O)O)cc3)n2)ccc1/N=N/c1cc2c(S(=O)(=O)O)cc(SOOO)cc2cc1S(=O)(=O)O. The summed E-state index contributed by atoms with van der Waals surface area (Å²) >= 11 is 0.282. The van der Waals surface area contributed by atoms with Gasteiger partial charge in [-0.3, -0.25) is 13.7 Å². The first kappa shape index (κ1) is 44.5. The fourth-order valence-corrected chi connectivity index (χ4v) is 8.18. The van der Waals surface area contributed by atoms with Gasteiger partial charge in [0, 0.05) is 21.7 Å². The summed E-state index contributed by atoms with van der Waals surface area (Å²) in [6.07, 6.45) is -1.28. The van der Waals surface area contributed by atoms with Crippen molar-refractivity contribution in [2.45, 2.75) is 19.6 Å². The summed E-state index contributed by atoms with van der Waals surface area (Å²) in [4.78, 5) is 21.0. The molecule has 59 heavy (non-hydrogen) atoms. The van der Waals surface area contributed by atoms with E-state index in [1.807, 2.05) is 0 Å². The second kappa shape index (κ2) is 17.7. The number of halogens is 1. The molecule has 0 saturated carbocycles.